The normalized spacial score (nSPS) is 7.40. The van der Waals surface area contributed by atoms with E-state index in [1.807, 2.05) is 0 Å². The van der Waals surface area contributed by atoms with Gasteiger partial charge in [-0.25, -0.2) is 0 Å². The molecule has 0 fully saturated rings. The molecule has 0 saturated carbocycles. The summed E-state index contributed by atoms with van der Waals surface area (Å²) in [6, 6.07) is -1.35. The van der Waals surface area contributed by atoms with Crippen LogP contribution in [0.4, 0.5) is 0 Å². The number of hydrogen-bond acceptors (Lipinski definition) is 4. The molecule has 0 aliphatic rings. The fraction of sp³-hybridized carbons (Fsp3) is 0.333. The fourth-order valence-corrected chi connectivity index (χ4v) is 0.140. The van der Waals surface area contributed by atoms with Crippen LogP contribution >= 0.6 is 0 Å². The van der Waals surface area contributed by atoms with Gasteiger partial charge in [-0.2, -0.15) is 0 Å². The van der Waals surface area contributed by atoms with Crippen molar-refractivity contribution in [3.05, 3.63) is 0 Å². The molecule has 0 heterocycles. The largest absolute Gasteiger partial charge is 1.00 e. The minimum atomic E-state index is -1.35. The first-order valence-electron chi connectivity index (χ1n) is 1.90. The third kappa shape index (κ3) is 5.99. The Morgan fingerprint density at radius 3 is 1.30 bits per heavy atom. The first kappa shape index (κ1) is 16.4. The van der Waals surface area contributed by atoms with Gasteiger partial charge >= 0.3 is 29.6 Å². The smallest absolute Gasteiger partial charge is 0.870 e. The Kier molecular flexibility index (Phi) is 11.5. The molecule has 0 bridgehead atoms. The van der Waals surface area contributed by atoms with Gasteiger partial charge in [-0.15, -0.1) is 0 Å². The van der Waals surface area contributed by atoms with Crippen LogP contribution in [0.3, 0.4) is 0 Å². The standard InChI is InChI=1S/C3H7N3O2.Na.H2O/c4-1(2(5)7)3(6)8;;/h1H,4H2,(H2,5,7)(H2,6,8);;1H2/q;+1;/p-1. The fourth-order valence-electron chi connectivity index (χ4n) is 0.140. The second-order valence-electron chi connectivity index (χ2n) is 1.28. The van der Waals surface area contributed by atoms with Crippen molar-refractivity contribution in [1.82, 2.24) is 0 Å². The van der Waals surface area contributed by atoms with Gasteiger partial charge in [-0.3, -0.25) is 9.59 Å². The molecule has 0 spiro atoms. The molecule has 0 rings (SSSR count). The predicted molar refractivity (Wildman–Crippen MR) is 28.3 cm³/mol. The molecule has 7 N–H and O–H groups in total. The van der Waals surface area contributed by atoms with E-state index in [0.717, 1.165) is 0 Å². The Bertz CT molecular complexity index is 114. The van der Waals surface area contributed by atoms with Gasteiger partial charge in [-0.1, -0.05) is 0 Å². The Morgan fingerprint density at radius 2 is 1.30 bits per heavy atom. The third-order valence-corrected chi connectivity index (χ3v) is 0.613. The van der Waals surface area contributed by atoms with E-state index in [4.69, 9.17) is 5.73 Å². The Morgan fingerprint density at radius 1 is 1.10 bits per heavy atom. The van der Waals surface area contributed by atoms with Crippen molar-refractivity contribution in [1.29, 1.82) is 0 Å². The molecule has 0 aromatic heterocycles. The van der Waals surface area contributed by atoms with Gasteiger partial charge in [0.1, 0.15) is 0 Å². The molecular weight excluding hydrogens is 149 g/mol. The van der Waals surface area contributed by atoms with Crippen molar-refractivity contribution in [2.45, 2.75) is 6.04 Å². The van der Waals surface area contributed by atoms with E-state index < -0.39 is 17.9 Å². The summed E-state index contributed by atoms with van der Waals surface area (Å²) in [6.07, 6.45) is 0. The number of rotatable bonds is 2. The van der Waals surface area contributed by atoms with E-state index >= 15 is 0 Å². The molecule has 0 saturated heterocycles. The number of primary amides is 2. The summed E-state index contributed by atoms with van der Waals surface area (Å²) >= 11 is 0. The van der Waals surface area contributed by atoms with Crippen molar-refractivity contribution < 1.29 is 44.6 Å². The minimum Gasteiger partial charge on any atom is -0.870 e. The van der Waals surface area contributed by atoms with Crippen molar-refractivity contribution in [3.8, 4) is 0 Å². The van der Waals surface area contributed by atoms with Crippen LogP contribution in [-0.2, 0) is 9.59 Å². The van der Waals surface area contributed by atoms with Crippen LogP contribution < -0.4 is 46.8 Å². The maximum absolute atomic E-state index is 9.94. The molecular formula is C3H8N3NaO3. The zero-order chi connectivity index (χ0) is 6.73. The average molecular weight is 157 g/mol. The quantitative estimate of drug-likeness (QED) is 0.271. The van der Waals surface area contributed by atoms with Crippen LogP contribution in [0.5, 0.6) is 0 Å². The van der Waals surface area contributed by atoms with Crippen molar-refractivity contribution in [2.75, 3.05) is 0 Å². The maximum atomic E-state index is 9.94. The number of amides is 2. The van der Waals surface area contributed by atoms with Gasteiger partial charge in [0, 0.05) is 0 Å². The molecule has 0 aliphatic heterocycles. The van der Waals surface area contributed by atoms with Gasteiger partial charge in [0.15, 0.2) is 6.04 Å². The van der Waals surface area contributed by atoms with Crippen molar-refractivity contribution in [3.63, 3.8) is 0 Å². The van der Waals surface area contributed by atoms with E-state index in [2.05, 4.69) is 11.5 Å². The SMILES string of the molecule is NC(=O)C(N)C(N)=O.[Na+].[OH-]. The summed E-state index contributed by atoms with van der Waals surface area (Å²) in [5, 5.41) is 0. The maximum Gasteiger partial charge on any atom is 1.00 e. The number of carbonyl (C=O) groups is 2. The summed E-state index contributed by atoms with van der Waals surface area (Å²) in [7, 11) is 0. The molecule has 0 aliphatic carbocycles. The van der Waals surface area contributed by atoms with E-state index in [0.29, 0.717) is 0 Å². The van der Waals surface area contributed by atoms with Gasteiger partial charge in [0.2, 0.25) is 11.8 Å². The van der Waals surface area contributed by atoms with Crippen molar-refractivity contribution >= 4 is 11.8 Å². The molecule has 2 amide bonds. The molecule has 6 nitrogen and oxygen atoms in total. The molecule has 0 radical (unpaired) electrons. The van der Waals surface area contributed by atoms with Crippen LogP contribution in [0.1, 0.15) is 0 Å². The number of nitrogens with two attached hydrogens (primary N) is 3. The summed E-state index contributed by atoms with van der Waals surface area (Å²) in [6.45, 7) is 0. The number of hydrogen-bond donors (Lipinski definition) is 3. The Labute approximate surface area is 79.7 Å². The van der Waals surface area contributed by atoms with E-state index in [1.54, 1.807) is 0 Å². The van der Waals surface area contributed by atoms with Crippen LogP contribution in [0, 0.1) is 0 Å². The zero-order valence-electron chi connectivity index (χ0n) is 5.57. The van der Waals surface area contributed by atoms with Crippen LogP contribution in [0.25, 0.3) is 0 Å². The summed E-state index contributed by atoms with van der Waals surface area (Å²) < 4.78 is 0. The van der Waals surface area contributed by atoms with Crippen molar-refractivity contribution in [2.24, 2.45) is 17.2 Å². The Hall–Kier alpha value is -0.140. The zero-order valence-corrected chi connectivity index (χ0v) is 7.57. The first-order chi connectivity index (χ1) is 3.55. The summed E-state index contributed by atoms with van der Waals surface area (Å²) in [4.78, 5) is 19.9. The van der Waals surface area contributed by atoms with Crippen LogP contribution in [0.15, 0.2) is 0 Å². The molecule has 0 aromatic rings. The minimum absolute atomic E-state index is 0. The van der Waals surface area contributed by atoms with Gasteiger partial charge in [0.05, 0.1) is 0 Å². The predicted octanol–water partition coefficient (Wildman–Crippen LogP) is -5.89. The molecule has 0 aromatic carbocycles. The topological polar surface area (TPSA) is 142 Å². The molecule has 54 valence electrons. The average Bonchev–Trinajstić information content (AvgIpc) is 1.64. The van der Waals surface area contributed by atoms with E-state index in [9.17, 15) is 9.59 Å². The van der Waals surface area contributed by atoms with E-state index in [-0.39, 0.29) is 35.0 Å². The van der Waals surface area contributed by atoms with Gasteiger partial charge in [0.25, 0.3) is 0 Å². The molecule has 0 unspecified atom stereocenters. The van der Waals surface area contributed by atoms with Gasteiger partial charge in [-0.05, 0) is 0 Å². The third-order valence-electron chi connectivity index (χ3n) is 0.613. The van der Waals surface area contributed by atoms with Crippen LogP contribution in [0.2, 0.25) is 0 Å². The summed E-state index contributed by atoms with van der Waals surface area (Å²) in [5.41, 5.74) is 14.0. The molecule has 7 heteroatoms. The molecule has 0 atom stereocenters. The monoisotopic (exact) mass is 157 g/mol. The number of carbonyl (C=O) groups excluding carboxylic acids is 2. The van der Waals surface area contributed by atoms with Crippen LogP contribution in [-0.4, -0.2) is 23.3 Å². The summed E-state index contributed by atoms with van der Waals surface area (Å²) in [5.74, 6) is -1.81. The molecule has 10 heavy (non-hydrogen) atoms. The second kappa shape index (κ2) is 6.97. The second-order valence-corrected chi connectivity index (χ2v) is 1.28. The Balaban J connectivity index is -0.000000245. The first-order valence-corrected chi connectivity index (χ1v) is 1.90. The van der Waals surface area contributed by atoms with Gasteiger partial charge < -0.3 is 22.7 Å². The van der Waals surface area contributed by atoms with E-state index in [1.165, 1.54) is 0 Å².